The van der Waals surface area contributed by atoms with E-state index in [1.165, 1.54) is 4.68 Å². The third-order valence-electron chi connectivity index (χ3n) is 4.71. The van der Waals surface area contributed by atoms with Crippen LogP contribution in [-0.4, -0.2) is 58.2 Å². The molecule has 1 aromatic rings. The summed E-state index contributed by atoms with van der Waals surface area (Å²) in [6, 6.07) is 0. The number of nitrogens with zero attached hydrogens (tertiary/aromatic N) is 4. The standard InChI is InChI=1S/C16H22BrF3N4O/c1-2-5-22-6-8-23(9-7-22)12(25)10-24-14(11-3-4-11)13(17)15(21-24)16(18,19)20/h11H,2-10H2,1H3. The van der Waals surface area contributed by atoms with Gasteiger partial charge in [-0.05, 0) is 41.7 Å². The molecule has 0 unspecified atom stereocenters. The number of rotatable bonds is 5. The van der Waals surface area contributed by atoms with Crippen LogP contribution in [0.15, 0.2) is 4.47 Å². The van der Waals surface area contributed by atoms with Crippen LogP contribution in [0.2, 0.25) is 0 Å². The van der Waals surface area contributed by atoms with Gasteiger partial charge in [0.05, 0.1) is 10.2 Å². The zero-order valence-electron chi connectivity index (χ0n) is 14.2. The second-order valence-electron chi connectivity index (χ2n) is 6.70. The maximum absolute atomic E-state index is 13.1. The average Bonchev–Trinajstić information content (AvgIpc) is 3.32. The lowest BCUT2D eigenvalue weighted by Crippen LogP contribution is -2.49. The molecular weight excluding hydrogens is 401 g/mol. The summed E-state index contributed by atoms with van der Waals surface area (Å²) in [5, 5.41) is 3.71. The van der Waals surface area contributed by atoms with Crippen LogP contribution in [0.5, 0.6) is 0 Å². The van der Waals surface area contributed by atoms with Crippen LogP contribution < -0.4 is 0 Å². The molecule has 25 heavy (non-hydrogen) atoms. The first-order valence-electron chi connectivity index (χ1n) is 8.64. The molecule has 1 aliphatic carbocycles. The predicted molar refractivity (Wildman–Crippen MR) is 90.2 cm³/mol. The van der Waals surface area contributed by atoms with Crippen molar-refractivity contribution in [3.8, 4) is 0 Å². The normalized spacial score (nSPS) is 19.5. The third kappa shape index (κ3) is 4.19. The number of amides is 1. The first kappa shape index (κ1) is 18.7. The Bertz CT molecular complexity index is 634. The molecule has 2 fully saturated rings. The van der Waals surface area contributed by atoms with Crippen LogP contribution >= 0.6 is 15.9 Å². The van der Waals surface area contributed by atoms with Gasteiger partial charge in [0.1, 0.15) is 6.54 Å². The van der Waals surface area contributed by atoms with E-state index in [1.54, 1.807) is 4.90 Å². The van der Waals surface area contributed by atoms with Gasteiger partial charge in [-0.3, -0.25) is 14.4 Å². The van der Waals surface area contributed by atoms with E-state index in [0.717, 1.165) is 38.9 Å². The summed E-state index contributed by atoms with van der Waals surface area (Å²) >= 11 is 3.05. The van der Waals surface area contributed by atoms with Crippen LogP contribution in [0, 0.1) is 0 Å². The molecule has 1 aliphatic heterocycles. The topological polar surface area (TPSA) is 41.4 Å². The SMILES string of the molecule is CCCN1CCN(C(=O)Cn2nc(C(F)(F)F)c(Br)c2C2CC2)CC1. The molecule has 5 nitrogen and oxygen atoms in total. The van der Waals surface area contributed by atoms with Crippen LogP contribution in [0.1, 0.15) is 43.5 Å². The minimum atomic E-state index is -4.53. The van der Waals surface area contributed by atoms with Gasteiger partial charge in [0.15, 0.2) is 5.69 Å². The van der Waals surface area contributed by atoms with E-state index in [1.807, 2.05) is 0 Å². The Morgan fingerprint density at radius 1 is 1.24 bits per heavy atom. The van der Waals surface area contributed by atoms with Crippen LogP contribution in [0.4, 0.5) is 13.2 Å². The van der Waals surface area contributed by atoms with Gasteiger partial charge in [-0.2, -0.15) is 18.3 Å². The van der Waals surface area contributed by atoms with Gasteiger partial charge >= 0.3 is 6.18 Å². The highest BCUT2D eigenvalue weighted by atomic mass is 79.9. The summed E-state index contributed by atoms with van der Waals surface area (Å²) in [6.07, 6.45) is -1.78. The Morgan fingerprint density at radius 2 is 1.88 bits per heavy atom. The van der Waals surface area contributed by atoms with Crippen molar-refractivity contribution >= 4 is 21.8 Å². The van der Waals surface area contributed by atoms with Gasteiger partial charge in [0, 0.05) is 32.1 Å². The van der Waals surface area contributed by atoms with Gasteiger partial charge in [-0.1, -0.05) is 6.92 Å². The molecular formula is C16H22BrF3N4O. The first-order chi connectivity index (χ1) is 11.8. The van der Waals surface area contributed by atoms with E-state index in [-0.39, 0.29) is 22.8 Å². The second-order valence-corrected chi connectivity index (χ2v) is 7.49. The first-order valence-corrected chi connectivity index (χ1v) is 9.44. The van der Waals surface area contributed by atoms with Crippen molar-refractivity contribution in [2.45, 2.75) is 44.8 Å². The molecule has 140 valence electrons. The lowest BCUT2D eigenvalue weighted by molar-refractivity contribution is -0.142. The smallest absolute Gasteiger partial charge is 0.339 e. The Morgan fingerprint density at radius 3 is 2.40 bits per heavy atom. The van der Waals surface area contributed by atoms with Crippen molar-refractivity contribution < 1.29 is 18.0 Å². The molecule has 1 saturated carbocycles. The van der Waals surface area contributed by atoms with Crippen molar-refractivity contribution in [3.05, 3.63) is 15.9 Å². The van der Waals surface area contributed by atoms with Gasteiger partial charge in [0.25, 0.3) is 0 Å². The summed E-state index contributed by atoms with van der Waals surface area (Å²) in [7, 11) is 0. The number of carbonyl (C=O) groups is 1. The Kier molecular flexibility index (Phi) is 5.43. The minimum Gasteiger partial charge on any atom is -0.339 e. The van der Waals surface area contributed by atoms with Gasteiger partial charge in [-0.25, -0.2) is 0 Å². The number of halogens is 4. The molecule has 1 saturated heterocycles. The number of carbonyl (C=O) groups excluding carboxylic acids is 1. The van der Waals surface area contributed by atoms with Gasteiger partial charge < -0.3 is 4.90 Å². The summed E-state index contributed by atoms with van der Waals surface area (Å²) < 4.78 is 40.6. The fourth-order valence-corrected chi connectivity index (χ4v) is 4.10. The Balaban J connectivity index is 1.71. The van der Waals surface area contributed by atoms with E-state index in [0.29, 0.717) is 18.8 Å². The predicted octanol–water partition coefficient (Wildman–Crippen LogP) is 3.10. The average molecular weight is 423 g/mol. The molecule has 0 radical (unpaired) electrons. The lowest BCUT2D eigenvalue weighted by Gasteiger charge is -2.34. The van der Waals surface area contributed by atoms with Crippen LogP contribution in [-0.2, 0) is 17.5 Å². The highest BCUT2D eigenvalue weighted by Crippen LogP contribution is 2.46. The summed E-state index contributed by atoms with van der Waals surface area (Å²) in [6.45, 7) is 5.85. The number of alkyl halides is 3. The van der Waals surface area contributed by atoms with Crippen LogP contribution in [0.3, 0.4) is 0 Å². The Labute approximate surface area is 153 Å². The zero-order chi connectivity index (χ0) is 18.2. The monoisotopic (exact) mass is 422 g/mol. The molecule has 0 bridgehead atoms. The maximum atomic E-state index is 13.1. The minimum absolute atomic E-state index is 0.0111. The lowest BCUT2D eigenvalue weighted by atomic mass is 10.2. The van der Waals surface area contributed by atoms with Crippen molar-refractivity contribution in [1.29, 1.82) is 0 Å². The molecule has 0 aromatic carbocycles. The third-order valence-corrected chi connectivity index (χ3v) is 5.50. The molecule has 0 N–H and O–H groups in total. The van der Waals surface area contributed by atoms with E-state index in [9.17, 15) is 18.0 Å². The maximum Gasteiger partial charge on any atom is 0.436 e. The molecule has 3 rings (SSSR count). The van der Waals surface area contributed by atoms with Crippen molar-refractivity contribution in [2.24, 2.45) is 0 Å². The summed E-state index contributed by atoms with van der Waals surface area (Å²) in [4.78, 5) is 16.6. The fourth-order valence-electron chi connectivity index (χ4n) is 3.27. The quantitative estimate of drug-likeness (QED) is 0.731. The zero-order valence-corrected chi connectivity index (χ0v) is 15.7. The highest BCUT2D eigenvalue weighted by molar-refractivity contribution is 9.10. The van der Waals surface area contributed by atoms with Crippen molar-refractivity contribution in [3.63, 3.8) is 0 Å². The van der Waals surface area contributed by atoms with Crippen molar-refractivity contribution in [1.82, 2.24) is 19.6 Å². The molecule has 0 spiro atoms. The second kappa shape index (κ2) is 7.26. The van der Waals surface area contributed by atoms with Crippen LogP contribution in [0.25, 0.3) is 0 Å². The van der Waals surface area contributed by atoms with Gasteiger partial charge in [0.2, 0.25) is 5.91 Å². The number of piperazine rings is 1. The van der Waals surface area contributed by atoms with E-state index < -0.39 is 11.9 Å². The number of hydrogen-bond donors (Lipinski definition) is 0. The number of aromatic nitrogens is 2. The highest BCUT2D eigenvalue weighted by Gasteiger charge is 2.42. The summed E-state index contributed by atoms with van der Waals surface area (Å²) in [5.74, 6) is -0.103. The largest absolute Gasteiger partial charge is 0.436 e. The number of hydrogen-bond acceptors (Lipinski definition) is 3. The molecule has 2 heterocycles. The van der Waals surface area contributed by atoms with Gasteiger partial charge in [-0.15, -0.1) is 0 Å². The Hall–Kier alpha value is -1.09. The molecule has 1 amide bonds. The summed E-state index contributed by atoms with van der Waals surface area (Å²) in [5.41, 5.74) is -0.430. The molecule has 1 aromatic heterocycles. The molecule has 0 atom stereocenters. The fraction of sp³-hybridized carbons (Fsp3) is 0.750. The van der Waals surface area contributed by atoms with Crippen molar-refractivity contribution in [2.75, 3.05) is 32.7 Å². The van der Waals surface area contributed by atoms with E-state index in [4.69, 9.17) is 0 Å². The molecule has 9 heteroatoms. The van der Waals surface area contributed by atoms with E-state index >= 15 is 0 Å². The van der Waals surface area contributed by atoms with E-state index in [2.05, 4.69) is 32.9 Å². The molecule has 2 aliphatic rings.